The van der Waals surface area contributed by atoms with E-state index in [9.17, 15) is 21.4 Å². The summed E-state index contributed by atoms with van der Waals surface area (Å²) in [5, 5.41) is 1.64. The first kappa shape index (κ1) is 32.1. The maximum atomic E-state index is 14.3. The van der Waals surface area contributed by atoms with E-state index in [2.05, 4.69) is 37.2 Å². The van der Waals surface area contributed by atoms with E-state index < -0.39 is 25.0 Å². The normalized spacial score (nSPS) is 15.2. The zero-order chi connectivity index (χ0) is 31.8. The lowest BCUT2D eigenvalue weighted by atomic mass is 9.93. The predicted octanol–water partition coefficient (Wildman–Crippen LogP) is 3.70. The summed E-state index contributed by atoms with van der Waals surface area (Å²) in [6, 6.07) is 15.4. The highest BCUT2D eigenvalue weighted by atomic mass is 32.2. The molecule has 0 atom stereocenters. The molecule has 2 aromatic rings. The maximum absolute atomic E-state index is 14.3. The second-order valence-electron chi connectivity index (χ2n) is 11.0. The van der Waals surface area contributed by atoms with E-state index in [4.69, 9.17) is 4.42 Å². The Kier molecular flexibility index (Phi) is 9.20. The largest absolute Gasteiger partial charge is 0.744 e. The molecule has 236 valence electrons. The molecule has 1 fully saturated rings. The number of anilines is 1. The van der Waals surface area contributed by atoms with Crippen molar-refractivity contribution in [1.29, 1.82) is 0 Å². The summed E-state index contributed by atoms with van der Waals surface area (Å²) in [6.45, 7) is 13.1. The van der Waals surface area contributed by atoms with Gasteiger partial charge in [-0.25, -0.2) is 21.4 Å². The van der Waals surface area contributed by atoms with Crippen LogP contribution in [-0.4, -0.2) is 90.0 Å². The molecular formula is C32H40N4O6S2. The fourth-order valence-corrected chi connectivity index (χ4v) is 8.19. The van der Waals surface area contributed by atoms with Crippen LogP contribution in [0.1, 0.15) is 27.7 Å². The quantitative estimate of drug-likeness (QED) is 0.155. The van der Waals surface area contributed by atoms with Gasteiger partial charge in [0.1, 0.15) is 34.6 Å². The van der Waals surface area contributed by atoms with Gasteiger partial charge in [-0.1, -0.05) is 6.07 Å². The van der Waals surface area contributed by atoms with Crippen LogP contribution < -0.4 is 14.8 Å². The van der Waals surface area contributed by atoms with Gasteiger partial charge in [-0.05, 0) is 65.1 Å². The first-order valence-electron chi connectivity index (χ1n) is 15.0. The molecule has 1 aliphatic carbocycles. The molecule has 2 aromatic carbocycles. The molecule has 10 nitrogen and oxygen atoms in total. The third kappa shape index (κ3) is 6.01. The monoisotopic (exact) mass is 640 g/mol. The number of fused-ring (bicyclic) bond motifs is 2. The van der Waals surface area contributed by atoms with Crippen LogP contribution in [0.2, 0.25) is 0 Å². The van der Waals surface area contributed by atoms with E-state index in [1.807, 2.05) is 48.3 Å². The minimum atomic E-state index is -4.92. The van der Waals surface area contributed by atoms with Crippen LogP contribution in [0.15, 0.2) is 68.8 Å². The van der Waals surface area contributed by atoms with Gasteiger partial charge in [-0.15, -0.1) is 0 Å². The Morgan fingerprint density at radius 3 is 2.11 bits per heavy atom. The summed E-state index contributed by atoms with van der Waals surface area (Å²) in [7, 11) is -7.19. The van der Waals surface area contributed by atoms with Gasteiger partial charge in [-0.3, -0.25) is 0 Å². The van der Waals surface area contributed by atoms with Crippen molar-refractivity contribution >= 4 is 36.8 Å². The third-order valence-electron chi connectivity index (χ3n) is 8.54. The summed E-state index contributed by atoms with van der Waals surface area (Å²) in [5.74, 6) is 0.567. The Morgan fingerprint density at radius 1 is 0.841 bits per heavy atom. The maximum Gasteiger partial charge on any atom is 0.243 e. The van der Waals surface area contributed by atoms with Crippen LogP contribution in [0, 0.1) is 0 Å². The van der Waals surface area contributed by atoms with Crippen LogP contribution >= 0.6 is 0 Å². The number of piperazine rings is 1. The second-order valence-corrected chi connectivity index (χ2v) is 14.3. The molecule has 0 N–H and O–H groups in total. The van der Waals surface area contributed by atoms with E-state index in [1.54, 1.807) is 0 Å². The van der Waals surface area contributed by atoms with Gasteiger partial charge in [0.05, 0.1) is 15.9 Å². The lowest BCUT2D eigenvalue weighted by Crippen LogP contribution is -2.47. The Bertz CT molecular complexity index is 1940. The molecule has 0 saturated carbocycles. The van der Waals surface area contributed by atoms with Crippen LogP contribution in [0.4, 0.5) is 5.69 Å². The molecule has 3 aliphatic rings. The lowest BCUT2D eigenvalue weighted by Gasteiger charge is -2.32. The van der Waals surface area contributed by atoms with Gasteiger partial charge in [0.2, 0.25) is 15.4 Å². The van der Waals surface area contributed by atoms with Gasteiger partial charge < -0.3 is 18.8 Å². The van der Waals surface area contributed by atoms with Gasteiger partial charge in [0.25, 0.3) is 0 Å². The molecule has 12 heteroatoms. The topological polar surface area (TPSA) is 117 Å². The Labute approximate surface area is 260 Å². The molecule has 0 aromatic heterocycles. The highest BCUT2D eigenvalue weighted by Gasteiger charge is 2.32. The van der Waals surface area contributed by atoms with E-state index in [0.29, 0.717) is 46.5 Å². The van der Waals surface area contributed by atoms with E-state index in [0.717, 1.165) is 43.3 Å². The Morgan fingerprint density at radius 2 is 1.50 bits per heavy atom. The van der Waals surface area contributed by atoms with E-state index in [1.165, 1.54) is 16.4 Å². The van der Waals surface area contributed by atoms with Crippen molar-refractivity contribution in [3.8, 4) is 22.5 Å². The van der Waals surface area contributed by atoms with Crippen LogP contribution in [0.3, 0.4) is 0 Å². The minimum absolute atomic E-state index is 0.214. The summed E-state index contributed by atoms with van der Waals surface area (Å²) < 4.78 is 75.0. The minimum Gasteiger partial charge on any atom is -0.744 e. The number of rotatable bonds is 9. The summed E-state index contributed by atoms with van der Waals surface area (Å²) in [5.41, 5.74) is 3.12. The molecule has 0 radical (unpaired) electrons. The molecular weight excluding hydrogens is 601 g/mol. The van der Waals surface area contributed by atoms with Gasteiger partial charge in [-0.2, -0.15) is 4.31 Å². The van der Waals surface area contributed by atoms with Gasteiger partial charge in [0, 0.05) is 79.2 Å². The highest BCUT2D eigenvalue weighted by molar-refractivity contribution is 7.89. The second kappa shape index (κ2) is 12.6. The van der Waals surface area contributed by atoms with Crippen molar-refractivity contribution in [3.63, 3.8) is 0 Å². The van der Waals surface area contributed by atoms with Crippen molar-refractivity contribution in [2.75, 3.05) is 64.3 Å². The average molecular weight is 641 g/mol. The number of benzene rings is 3. The number of likely N-dealkylation sites (N-methyl/N-ethyl adjacent to an activating group) is 1. The number of hydrogen-bond donors (Lipinski definition) is 0. The SMILES string of the molecule is CCN(CC)c1ccc2c(-c3ccc(S(=O)(=O)[O-])cc3S(=O)(=O)N3CCN(C)CC3)c3ccc(=[N+](CC)CC)cc-3oc2c1. The zero-order valence-corrected chi connectivity index (χ0v) is 27.5. The molecule has 2 heterocycles. The van der Waals surface area contributed by atoms with Gasteiger partial charge >= 0.3 is 0 Å². The van der Waals surface area contributed by atoms with Crippen molar-refractivity contribution in [2.45, 2.75) is 37.5 Å². The summed E-state index contributed by atoms with van der Waals surface area (Å²) >= 11 is 0. The highest BCUT2D eigenvalue weighted by Crippen LogP contribution is 2.44. The fourth-order valence-electron chi connectivity index (χ4n) is 5.97. The molecule has 0 bridgehead atoms. The third-order valence-corrected chi connectivity index (χ3v) is 11.3. The lowest BCUT2D eigenvalue weighted by molar-refractivity contribution is 0.222. The van der Waals surface area contributed by atoms with Gasteiger partial charge in [0.15, 0.2) is 0 Å². The first-order valence-corrected chi connectivity index (χ1v) is 17.9. The number of nitrogens with zero attached hydrogens (tertiary/aromatic N) is 4. The molecule has 2 aliphatic heterocycles. The van der Waals surface area contributed by atoms with Crippen LogP contribution in [0.5, 0.6) is 0 Å². The Balaban J connectivity index is 1.89. The first-order chi connectivity index (χ1) is 20.9. The molecule has 5 rings (SSSR count). The van der Waals surface area contributed by atoms with Crippen molar-refractivity contribution < 1.29 is 25.8 Å². The summed E-state index contributed by atoms with van der Waals surface area (Å²) in [6.07, 6.45) is 0. The molecule has 0 amide bonds. The fraction of sp³-hybridized carbons (Fsp3) is 0.406. The van der Waals surface area contributed by atoms with E-state index >= 15 is 0 Å². The van der Waals surface area contributed by atoms with Crippen molar-refractivity contribution in [2.24, 2.45) is 0 Å². The average Bonchev–Trinajstić information content (AvgIpc) is 3.00. The molecule has 0 unspecified atom stereocenters. The predicted molar refractivity (Wildman–Crippen MR) is 172 cm³/mol. The number of hydrogen-bond acceptors (Lipinski definition) is 8. The number of sulfonamides is 1. The summed E-state index contributed by atoms with van der Waals surface area (Å²) in [4.78, 5) is 3.43. The van der Waals surface area contributed by atoms with Crippen LogP contribution in [-0.2, 0) is 20.1 Å². The molecule has 1 saturated heterocycles. The standard InChI is InChI=1S/C32H40N4O6S2/c1-6-34(7-2)23-10-13-26-29(20-23)42-30-21-24(35(8-3)9-4)11-14-27(30)32(26)28-15-12-25(44(39,40)41)22-31(28)43(37,38)36-18-16-33(5)17-19-36/h10-15,20-22H,6-9,16-19H2,1-5H3. The zero-order valence-electron chi connectivity index (χ0n) is 25.9. The Hall–Kier alpha value is -3.29. The van der Waals surface area contributed by atoms with Crippen molar-refractivity contribution in [3.05, 3.63) is 60.0 Å². The smallest absolute Gasteiger partial charge is 0.243 e. The van der Waals surface area contributed by atoms with Crippen molar-refractivity contribution in [1.82, 2.24) is 13.8 Å². The van der Waals surface area contributed by atoms with Crippen LogP contribution in [0.25, 0.3) is 33.4 Å². The molecule has 0 spiro atoms. The van der Waals surface area contributed by atoms with E-state index in [-0.39, 0.29) is 18.0 Å². The molecule has 44 heavy (non-hydrogen) atoms.